The smallest absolute Gasteiger partial charge is 0.115 e. The zero-order chi connectivity index (χ0) is 13.1. The van der Waals surface area contributed by atoms with Gasteiger partial charge in [-0.05, 0) is 51.8 Å². The maximum atomic E-state index is 12.2. The van der Waals surface area contributed by atoms with Crippen molar-refractivity contribution in [3.63, 3.8) is 0 Å². The number of halogens is 1. The van der Waals surface area contributed by atoms with Gasteiger partial charge in [0.05, 0.1) is 21.4 Å². The van der Waals surface area contributed by atoms with Crippen molar-refractivity contribution in [3.8, 4) is 5.75 Å². The third-order valence-corrected chi connectivity index (χ3v) is 4.77. The lowest BCUT2D eigenvalue weighted by atomic mass is 10.2. The van der Waals surface area contributed by atoms with Gasteiger partial charge in [-0.3, -0.25) is 4.21 Å². The number of hydrogen-bond donors (Lipinski definition) is 2. The first-order valence-electron chi connectivity index (χ1n) is 5.27. The SMILES string of the molecule is Nc1ccc(S(=O)Cc2cccc(O)c2)c(Br)c1. The highest BCUT2D eigenvalue weighted by molar-refractivity contribution is 9.10. The summed E-state index contributed by atoms with van der Waals surface area (Å²) in [6.07, 6.45) is 0. The Labute approximate surface area is 116 Å². The van der Waals surface area contributed by atoms with Crippen molar-refractivity contribution in [3.05, 3.63) is 52.5 Å². The summed E-state index contributed by atoms with van der Waals surface area (Å²) in [6.45, 7) is 0. The zero-order valence-corrected chi connectivity index (χ0v) is 11.9. The summed E-state index contributed by atoms with van der Waals surface area (Å²) in [5.41, 5.74) is 7.09. The van der Waals surface area contributed by atoms with E-state index in [9.17, 15) is 9.32 Å². The molecule has 0 aliphatic rings. The van der Waals surface area contributed by atoms with Crippen molar-refractivity contribution in [1.82, 2.24) is 0 Å². The molecule has 0 aromatic heterocycles. The van der Waals surface area contributed by atoms with E-state index in [1.807, 2.05) is 6.07 Å². The average molecular weight is 326 g/mol. The maximum absolute atomic E-state index is 12.2. The fourth-order valence-electron chi connectivity index (χ4n) is 1.58. The van der Waals surface area contributed by atoms with E-state index in [-0.39, 0.29) is 5.75 Å². The van der Waals surface area contributed by atoms with Crippen LogP contribution in [0.4, 0.5) is 5.69 Å². The molecule has 3 N–H and O–H groups in total. The average Bonchev–Trinajstić information content (AvgIpc) is 2.28. The van der Waals surface area contributed by atoms with E-state index in [4.69, 9.17) is 5.73 Å². The molecule has 0 radical (unpaired) electrons. The van der Waals surface area contributed by atoms with Crippen molar-refractivity contribution in [2.45, 2.75) is 10.6 Å². The monoisotopic (exact) mass is 325 g/mol. The van der Waals surface area contributed by atoms with Crippen LogP contribution < -0.4 is 5.73 Å². The van der Waals surface area contributed by atoms with Gasteiger partial charge >= 0.3 is 0 Å². The molecule has 1 unspecified atom stereocenters. The molecule has 5 heteroatoms. The first-order chi connectivity index (χ1) is 8.56. The first kappa shape index (κ1) is 13.1. The molecule has 0 heterocycles. The van der Waals surface area contributed by atoms with Crippen LogP contribution in [0.5, 0.6) is 5.75 Å². The van der Waals surface area contributed by atoms with E-state index in [0.29, 0.717) is 16.3 Å². The van der Waals surface area contributed by atoms with Gasteiger partial charge in [-0.25, -0.2) is 0 Å². The summed E-state index contributed by atoms with van der Waals surface area (Å²) >= 11 is 3.35. The molecule has 2 aromatic rings. The van der Waals surface area contributed by atoms with E-state index in [1.54, 1.807) is 36.4 Å². The summed E-state index contributed by atoms with van der Waals surface area (Å²) in [4.78, 5) is 0.701. The van der Waals surface area contributed by atoms with Crippen molar-refractivity contribution >= 4 is 32.4 Å². The zero-order valence-electron chi connectivity index (χ0n) is 9.47. The topological polar surface area (TPSA) is 63.3 Å². The fraction of sp³-hybridized carbons (Fsp3) is 0.0769. The molecule has 0 fully saturated rings. The molecule has 2 aromatic carbocycles. The van der Waals surface area contributed by atoms with Gasteiger partial charge in [0.1, 0.15) is 5.75 Å². The Morgan fingerprint density at radius 2 is 2.00 bits per heavy atom. The van der Waals surface area contributed by atoms with Crippen LogP contribution >= 0.6 is 15.9 Å². The lowest BCUT2D eigenvalue weighted by Gasteiger charge is -2.06. The summed E-state index contributed by atoms with van der Waals surface area (Å²) in [7, 11) is -1.18. The molecule has 94 valence electrons. The van der Waals surface area contributed by atoms with E-state index in [1.165, 1.54) is 0 Å². The fourth-order valence-corrected chi connectivity index (χ4v) is 3.65. The molecule has 0 aliphatic carbocycles. The van der Waals surface area contributed by atoms with Crippen LogP contribution in [-0.2, 0) is 16.6 Å². The van der Waals surface area contributed by atoms with Gasteiger partial charge in [-0.2, -0.15) is 0 Å². The second kappa shape index (κ2) is 5.54. The van der Waals surface area contributed by atoms with Crippen molar-refractivity contribution in [2.24, 2.45) is 0 Å². The summed E-state index contributed by atoms with van der Waals surface area (Å²) in [5, 5.41) is 9.36. The molecule has 0 saturated heterocycles. The molecular formula is C13H12BrNO2S. The maximum Gasteiger partial charge on any atom is 0.115 e. The first-order valence-corrected chi connectivity index (χ1v) is 7.39. The summed E-state index contributed by atoms with van der Waals surface area (Å²) in [5.74, 6) is 0.539. The molecule has 1 atom stereocenters. The highest BCUT2D eigenvalue weighted by Gasteiger charge is 2.09. The third-order valence-electron chi connectivity index (χ3n) is 2.41. The molecule has 2 rings (SSSR count). The predicted molar refractivity (Wildman–Crippen MR) is 76.8 cm³/mol. The molecule has 3 nitrogen and oxygen atoms in total. The van der Waals surface area contributed by atoms with Gasteiger partial charge in [-0.15, -0.1) is 0 Å². The van der Waals surface area contributed by atoms with Crippen LogP contribution in [0.3, 0.4) is 0 Å². The van der Waals surface area contributed by atoms with Crippen LogP contribution in [0.15, 0.2) is 51.8 Å². The van der Waals surface area contributed by atoms with Crippen LogP contribution in [0, 0.1) is 0 Å². The number of nitrogen functional groups attached to an aromatic ring is 1. The van der Waals surface area contributed by atoms with Gasteiger partial charge in [0.25, 0.3) is 0 Å². The Morgan fingerprint density at radius 1 is 1.22 bits per heavy atom. The Balaban J connectivity index is 2.22. The number of phenols is 1. The van der Waals surface area contributed by atoms with Crippen LogP contribution in [0.25, 0.3) is 0 Å². The minimum Gasteiger partial charge on any atom is -0.508 e. The quantitative estimate of drug-likeness (QED) is 0.852. The van der Waals surface area contributed by atoms with Crippen LogP contribution in [-0.4, -0.2) is 9.32 Å². The second-order valence-electron chi connectivity index (χ2n) is 3.85. The van der Waals surface area contributed by atoms with Crippen LogP contribution in [0.1, 0.15) is 5.56 Å². The molecule has 0 aliphatic heterocycles. The van der Waals surface area contributed by atoms with Crippen LogP contribution in [0.2, 0.25) is 0 Å². The third kappa shape index (κ3) is 3.11. The van der Waals surface area contributed by atoms with Gasteiger partial charge in [-0.1, -0.05) is 12.1 Å². The highest BCUT2D eigenvalue weighted by atomic mass is 79.9. The molecule has 0 spiro atoms. The standard InChI is InChI=1S/C13H12BrNO2S/c14-12-7-10(15)4-5-13(12)18(17)8-9-2-1-3-11(16)6-9/h1-7,16H,8,15H2. The number of benzene rings is 2. The minimum atomic E-state index is -1.18. The summed E-state index contributed by atoms with van der Waals surface area (Å²) in [6, 6.07) is 12.0. The number of rotatable bonds is 3. The Kier molecular flexibility index (Phi) is 4.04. The second-order valence-corrected chi connectivity index (χ2v) is 6.12. The normalized spacial score (nSPS) is 12.3. The number of nitrogens with two attached hydrogens (primary N) is 1. The van der Waals surface area contributed by atoms with E-state index in [0.717, 1.165) is 10.0 Å². The van der Waals surface area contributed by atoms with Crippen molar-refractivity contribution in [1.29, 1.82) is 0 Å². The number of aromatic hydroxyl groups is 1. The number of anilines is 1. The van der Waals surface area contributed by atoms with Gasteiger partial charge < -0.3 is 10.8 Å². The van der Waals surface area contributed by atoms with Crippen molar-refractivity contribution < 1.29 is 9.32 Å². The lowest BCUT2D eigenvalue weighted by molar-refractivity contribution is 0.475. The highest BCUT2D eigenvalue weighted by Crippen LogP contribution is 2.25. The minimum absolute atomic E-state index is 0.181. The predicted octanol–water partition coefficient (Wildman–Crippen LogP) is 3.04. The molecule has 18 heavy (non-hydrogen) atoms. The van der Waals surface area contributed by atoms with Gasteiger partial charge in [0.15, 0.2) is 0 Å². The molecule has 0 amide bonds. The van der Waals surface area contributed by atoms with Crippen molar-refractivity contribution in [2.75, 3.05) is 5.73 Å². The lowest BCUT2D eigenvalue weighted by Crippen LogP contribution is -1.98. The Hall–Kier alpha value is -1.33. The molecular weight excluding hydrogens is 314 g/mol. The van der Waals surface area contributed by atoms with E-state index in [2.05, 4.69) is 15.9 Å². The van der Waals surface area contributed by atoms with Gasteiger partial charge in [0.2, 0.25) is 0 Å². The largest absolute Gasteiger partial charge is 0.508 e. The molecule has 0 bridgehead atoms. The molecule has 0 saturated carbocycles. The number of phenolic OH excluding ortho intramolecular Hbond substituents is 1. The summed E-state index contributed by atoms with van der Waals surface area (Å²) < 4.78 is 13.0. The Morgan fingerprint density at radius 3 is 2.67 bits per heavy atom. The Bertz CT molecular complexity index is 601. The number of hydrogen-bond acceptors (Lipinski definition) is 3. The van der Waals surface area contributed by atoms with E-state index < -0.39 is 10.8 Å². The van der Waals surface area contributed by atoms with E-state index >= 15 is 0 Å². The van der Waals surface area contributed by atoms with Gasteiger partial charge in [0, 0.05) is 10.2 Å².